The largest absolute Gasteiger partial charge is 0.378 e. The third-order valence-electron chi connectivity index (χ3n) is 5.32. The Kier molecular flexibility index (Phi) is 4.62. The Morgan fingerprint density at radius 2 is 1.69 bits per heavy atom. The second kappa shape index (κ2) is 7.56. The third kappa shape index (κ3) is 3.43. The lowest BCUT2D eigenvalue weighted by atomic mass is 10.1. The van der Waals surface area contributed by atoms with Crippen LogP contribution in [0.15, 0.2) is 66.7 Å². The molecule has 146 valence electrons. The van der Waals surface area contributed by atoms with Gasteiger partial charge in [-0.05, 0) is 23.6 Å². The van der Waals surface area contributed by atoms with Crippen molar-refractivity contribution in [3.8, 4) is 0 Å². The summed E-state index contributed by atoms with van der Waals surface area (Å²) in [6, 6.07) is 22.3. The first kappa shape index (κ1) is 17.7. The van der Waals surface area contributed by atoms with E-state index in [1.807, 2.05) is 47.4 Å². The smallest absolute Gasteiger partial charge is 0.244 e. The van der Waals surface area contributed by atoms with Gasteiger partial charge in [-0.15, -0.1) is 0 Å². The van der Waals surface area contributed by atoms with Gasteiger partial charge in [0.2, 0.25) is 5.91 Å². The van der Waals surface area contributed by atoms with Crippen molar-refractivity contribution in [1.82, 2.24) is 14.7 Å². The summed E-state index contributed by atoms with van der Waals surface area (Å²) in [7, 11) is 0. The van der Waals surface area contributed by atoms with Gasteiger partial charge in [-0.3, -0.25) is 4.79 Å². The molecule has 1 aliphatic heterocycles. The predicted molar refractivity (Wildman–Crippen MR) is 114 cm³/mol. The molecule has 1 aromatic heterocycles. The highest BCUT2D eigenvalue weighted by Gasteiger charge is 2.21. The topological polar surface area (TPSA) is 59.4 Å². The van der Waals surface area contributed by atoms with Crippen molar-refractivity contribution in [2.75, 3.05) is 31.6 Å². The number of rotatable bonds is 4. The number of nitrogens with zero attached hydrogens (tertiary/aromatic N) is 3. The van der Waals surface area contributed by atoms with Gasteiger partial charge in [0.1, 0.15) is 17.9 Å². The average molecular weight is 386 g/mol. The molecule has 5 rings (SSSR count). The van der Waals surface area contributed by atoms with Gasteiger partial charge in [0.15, 0.2) is 0 Å². The fourth-order valence-electron chi connectivity index (χ4n) is 3.81. The van der Waals surface area contributed by atoms with Crippen LogP contribution in [-0.4, -0.2) is 46.9 Å². The highest BCUT2D eigenvalue weighted by molar-refractivity contribution is 6.09. The molecule has 0 bridgehead atoms. The molecule has 29 heavy (non-hydrogen) atoms. The van der Waals surface area contributed by atoms with Gasteiger partial charge >= 0.3 is 0 Å². The Hall–Kier alpha value is -3.38. The first-order valence-corrected chi connectivity index (χ1v) is 9.85. The SMILES string of the molecule is O=C(Cn1nc2c(ccc3ccccc32)c1Nc1ccccc1)N1CCOCC1. The van der Waals surface area contributed by atoms with E-state index in [-0.39, 0.29) is 12.5 Å². The monoisotopic (exact) mass is 386 g/mol. The number of benzene rings is 3. The first-order valence-electron chi connectivity index (χ1n) is 9.85. The lowest BCUT2D eigenvalue weighted by molar-refractivity contribution is -0.136. The van der Waals surface area contributed by atoms with Gasteiger partial charge in [0.25, 0.3) is 0 Å². The maximum atomic E-state index is 12.9. The zero-order valence-corrected chi connectivity index (χ0v) is 16.0. The number of aromatic nitrogens is 2. The highest BCUT2D eigenvalue weighted by atomic mass is 16.5. The van der Waals surface area contributed by atoms with Crippen LogP contribution in [0.5, 0.6) is 0 Å². The molecule has 6 nitrogen and oxygen atoms in total. The van der Waals surface area contributed by atoms with Gasteiger partial charge in [-0.1, -0.05) is 48.5 Å². The molecule has 0 unspecified atom stereocenters. The van der Waals surface area contributed by atoms with Crippen molar-refractivity contribution in [1.29, 1.82) is 0 Å². The van der Waals surface area contributed by atoms with Gasteiger partial charge in [-0.25, -0.2) is 4.68 Å². The summed E-state index contributed by atoms with van der Waals surface area (Å²) in [5, 5.41) is 11.5. The number of fused-ring (bicyclic) bond motifs is 3. The van der Waals surface area contributed by atoms with E-state index in [0.717, 1.165) is 33.2 Å². The zero-order chi connectivity index (χ0) is 19.6. The van der Waals surface area contributed by atoms with Crippen molar-refractivity contribution >= 4 is 39.1 Å². The summed E-state index contributed by atoms with van der Waals surface area (Å²) in [5.41, 5.74) is 1.86. The van der Waals surface area contributed by atoms with Gasteiger partial charge in [0.05, 0.1) is 13.2 Å². The van der Waals surface area contributed by atoms with Crippen molar-refractivity contribution in [2.24, 2.45) is 0 Å². The van der Waals surface area contributed by atoms with E-state index in [1.165, 1.54) is 0 Å². The molecule has 2 heterocycles. The van der Waals surface area contributed by atoms with Crippen LogP contribution >= 0.6 is 0 Å². The lowest BCUT2D eigenvalue weighted by Gasteiger charge is -2.27. The Morgan fingerprint density at radius 1 is 0.931 bits per heavy atom. The van der Waals surface area contributed by atoms with Crippen LogP contribution in [0.2, 0.25) is 0 Å². The van der Waals surface area contributed by atoms with E-state index >= 15 is 0 Å². The minimum absolute atomic E-state index is 0.0570. The highest BCUT2D eigenvalue weighted by Crippen LogP contribution is 2.32. The van der Waals surface area contributed by atoms with Crippen molar-refractivity contribution < 1.29 is 9.53 Å². The summed E-state index contributed by atoms with van der Waals surface area (Å²) in [6.07, 6.45) is 0. The molecule has 0 radical (unpaired) electrons. The van der Waals surface area contributed by atoms with Crippen molar-refractivity contribution in [3.05, 3.63) is 66.7 Å². The second-order valence-electron chi connectivity index (χ2n) is 7.17. The molecule has 1 fully saturated rings. The van der Waals surface area contributed by atoms with Gasteiger partial charge in [-0.2, -0.15) is 5.10 Å². The molecule has 1 aliphatic rings. The maximum absolute atomic E-state index is 12.9. The quantitative estimate of drug-likeness (QED) is 0.580. The minimum Gasteiger partial charge on any atom is -0.378 e. The molecular weight excluding hydrogens is 364 g/mol. The number of amides is 1. The van der Waals surface area contributed by atoms with E-state index in [4.69, 9.17) is 9.84 Å². The Labute approximate surface area is 168 Å². The molecule has 1 saturated heterocycles. The Balaban J connectivity index is 1.59. The van der Waals surface area contributed by atoms with Crippen LogP contribution in [0, 0.1) is 0 Å². The average Bonchev–Trinajstić information content (AvgIpc) is 3.12. The lowest BCUT2D eigenvalue weighted by Crippen LogP contribution is -2.42. The number of anilines is 2. The molecule has 0 aliphatic carbocycles. The number of para-hydroxylation sites is 1. The molecule has 0 saturated carbocycles. The normalized spacial score (nSPS) is 14.4. The van der Waals surface area contributed by atoms with E-state index in [2.05, 4.69) is 29.6 Å². The second-order valence-corrected chi connectivity index (χ2v) is 7.17. The van der Waals surface area contributed by atoms with E-state index in [0.29, 0.717) is 26.3 Å². The first-order chi connectivity index (χ1) is 14.3. The molecule has 3 aromatic carbocycles. The van der Waals surface area contributed by atoms with Crippen LogP contribution in [0.3, 0.4) is 0 Å². The molecular formula is C23H22N4O2. The Morgan fingerprint density at radius 3 is 2.52 bits per heavy atom. The van der Waals surface area contributed by atoms with E-state index in [1.54, 1.807) is 4.68 Å². The predicted octanol–water partition coefficient (Wildman–Crippen LogP) is 3.79. The summed E-state index contributed by atoms with van der Waals surface area (Å²) in [5.74, 6) is 0.889. The van der Waals surface area contributed by atoms with Crippen LogP contribution in [0.25, 0.3) is 21.7 Å². The van der Waals surface area contributed by atoms with Gasteiger partial charge < -0.3 is 15.0 Å². The standard InChI is InChI=1S/C23H22N4O2/c28-21(26-12-14-29-15-13-26)16-27-23(24-18-7-2-1-3-8-18)20-11-10-17-6-4-5-9-19(17)22(20)25-27/h1-11,24H,12-16H2. The fraction of sp³-hybridized carbons (Fsp3) is 0.217. The molecule has 1 amide bonds. The number of carbonyl (C=O) groups is 1. The Bertz CT molecular complexity index is 1160. The zero-order valence-electron chi connectivity index (χ0n) is 16.0. The molecule has 4 aromatic rings. The van der Waals surface area contributed by atoms with Crippen LogP contribution in [0.4, 0.5) is 11.5 Å². The van der Waals surface area contributed by atoms with Crippen molar-refractivity contribution in [2.45, 2.75) is 6.54 Å². The molecule has 6 heteroatoms. The number of hydrogen-bond acceptors (Lipinski definition) is 4. The fourth-order valence-corrected chi connectivity index (χ4v) is 3.81. The number of carbonyl (C=O) groups excluding carboxylic acids is 1. The summed E-state index contributed by atoms with van der Waals surface area (Å²) < 4.78 is 7.16. The number of hydrogen-bond donors (Lipinski definition) is 1. The van der Waals surface area contributed by atoms with E-state index < -0.39 is 0 Å². The number of morpholine rings is 1. The van der Waals surface area contributed by atoms with Gasteiger partial charge in [0, 0.05) is 29.5 Å². The number of nitrogens with one attached hydrogen (secondary N) is 1. The molecule has 0 atom stereocenters. The molecule has 0 spiro atoms. The summed E-state index contributed by atoms with van der Waals surface area (Å²) in [6.45, 7) is 2.63. The van der Waals surface area contributed by atoms with E-state index in [9.17, 15) is 4.79 Å². The summed E-state index contributed by atoms with van der Waals surface area (Å²) in [4.78, 5) is 14.7. The van der Waals surface area contributed by atoms with Crippen LogP contribution in [0.1, 0.15) is 0 Å². The summed E-state index contributed by atoms with van der Waals surface area (Å²) >= 11 is 0. The van der Waals surface area contributed by atoms with Crippen LogP contribution in [-0.2, 0) is 16.1 Å². The number of ether oxygens (including phenoxy) is 1. The van der Waals surface area contributed by atoms with Crippen molar-refractivity contribution in [3.63, 3.8) is 0 Å². The molecule has 1 N–H and O–H groups in total. The maximum Gasteiger partial charge on any atom is 0.244 e. The third-order valence-corrected chi connectivity index (χ3v) is 5.32. The van der Waals surface area contributed by atoms with Crippen LogP contribution < -0.4 is 5.32 Å². The minimum atomic E-state index is 0.0570.